The van der Waals surface area contributed by atoms with Crippen molar-refractivity contribution in [2.24, 2.45) is 0 Å². The molecule has 1 N–H and O–H groups in total. The summed E-state index contributed by atoms with van der Waals surface area (Å²) in [7, 11) is 0. The summed E-state index contributed by atoms with van der Waals surface area (Å²) in [6, 6.07) is 5.90. The summed E-state index contributed by atoms with van der Waals surface area (Å²) in [4.78, 5) is 7.79. The monoisotopic (exact) mass is 323 g/mol. The first-order valence-electron chi connectivity index (χ1n) is 7.40. The van der Waals surface area contributed by atoms with Crippen molar-refractivity contribution < 1.29 is 18.3 Å². The SMILES string of the molecule is CCOC(CC)Nc1nc(OCc2ccc(F)cc2)ncc1F. The minimum atomic E-state index is -0.586. The lowest BCUT2D eigenvalue weighted by atomic mass is 10.2. The molecule has 1 aromatic carbocycles. The molecule has 0 fully saturated rings. The maximum atomic E-state index is 13.8. The van der Waals surface area contributed by atoms with Gasteiger partial charge >= 0.3 is 6.01 Å². The molecule has 124 valence electrons. The highest BCUT2D eigenvalue weighted by atomic mass is 19.1. The number of benzene rings is 1. The van der Waals surface area contributed by atoms with Crippen LogP contribution < -0.4 is 10.1 Å². The van der Waals surface area contributed by atoms with Crippen molar-refractivity contribution in [2.75, 3.05) is 11.9 Å². The van der Waals surface area contributed by atoms with Crippen LogP contribution in [0.1, 0.15) is 25.8 Å². The van der Waals surface area contributed by atoms with Crippen LogP contribution in [0.15, 0.2) is 30.5 Å². The Morgan fingerprint density at radius 2 is 1.91 bits per heavy atom. The molecule has 2 rings (SSSR count). The Morgan fingerprint density at radius 3 is 2.57 bits per heavy atom. The number of aromatic nitrogens is 2. The highest BCUT2D eigenvalue weighted by Crippen LogP contribution is 2.16. The molecule has 0 aliphatic carbocycles. The predicted octanol–water partition coefficient (Wildman–Crippen LogP) is 3.52. The standard InChI is InChI=1S/C16H19F2N3O2/c1-3-14(22-4-2)20-15-13(18)9-19-16(21-15)23-10-11-5-7-12(17)8-6-11/h5-9,14H,3-4,10H2,1-2H3,(H,19,20,21). The molecule has 23 heavy (non-hydrogen) atoms. The van der Waals surface area contributed by atoms with Crippen molar-refractivity contribution >= 4 is 5.82 Å². The van der Waals surface area contributed by atoms with Gasteiger partial charge < -0.3 is 14.8 Å². The van der Waals surface area contributed by atoms with Gasteiger partial charge in [-0.25, -0.2) is 13.8 Å². The molecule has 0 saturated heterocycles. The van der Waals surface area contributed by atoms with Crippen molar-refractivity contribution in [3.05, 3.63) is 47.7 Å². The summed E-state index contributed by atoms with van der Waals surface area (Å²) in [6.45, 7) is 4.44. The Labute approximate surface area is 133 Å². The Morgan fingerprint density at radius 1 is 1.17 bits per heavy atom. The maximum absolute atomic E-state index is 13.8. The van der Waals surface area contributed by atoms with Crippen molar-refractivity contribution in [1.82, 2.24) is 9.97 Å². The van der Waals surface area contributed by atoms with E-state index < -0.39 is 5.82 Å². The van der Waals surface area contributed by atoms with Gasteiger partial charge in [0.15, 0.2) is 11.6 Å². The molecule has 0 spiro atoms. The predicted molar refractivity (Wildman–Crippen MR) is 82.0 cm³/mol. The quantitative estimate of drug-likeness (QED) is 0.753. The number of hydrogen-bond acceptors (Lipinski definition) is 5. The number of nitrogens with zero attached hydrogens (tertiary/aromatic N) is 2. The highest BCUT2D eigenvalue weighted by Gasteiger charge is 2.12. The number of anilines is 1. The maximum Gasteiger partial charge on any atom is 0.318 e. The fraction of sp³-hybridized carbons (Fsp3) is 0.375. The van der Waals surface area contributed by atoms with Crippen molar-refractivity contribution in [1.29, 1.82) is 0 Å². The van der Waals surface area contributed by atoms with Gasteiger partial charge in [0.1, 0.15) is 18.7 Å². The van der Waals surface area contributed by atoms with Gasteiger partial charge in [-0.15, -0.1) is 0 Å². The summed E-state index contributed by atoms with van der Waals surface area (Å²) in [5.74, 6) is -0.883. The van der Waals surface area contributed by atoms with Crippen LogP contribution in [0.4, 0.5) is 14.6 Å². The zero-order valence-electron chi connectivity index (χ0n) is 13.1. The summed E-state index contributed by atoms with van der Waals surface area (Å²) in [5, 5.41) is 2.87. The zero-order chi connectivity index (χ0) is 16.7. The van der Waals surface area contributed by atoms with Gasteiger partial charge in [0.05, 0.1) is 6.20 Å². The molecule has 0 amide bonds. The van der Waals surface area contributed by atoms with Gasteiger partial charge in [0.2, 0.25) is 0 Å². The van der Waals surface area contributed by atoms with Crippen LogP contribution in [0.2, 0.25) is 0 Å². The third kappa shape index (κ3) is 5.14. The fourth-order valence-corrected chi connectivity index (χ4v) is 1.87. The van der Waals surface area contributed by atoms with E-state index in [0.717, 1.165) is 11.8 Å². The second-order valence-electron chi connectivity index (χ2n) is 4.76. The minimum absolute atomic E-state index is 0.0226. The molecule has 1 aromatic heterocycles. The van der Waals surface area contributed by atoms with Crippen LogP contribution in [-0.2, 0) is 11.3 Å². The van der Waals surface area contributed by atoms with Crippen LogP contribution in [0.25, 0.3) is 0 Å². The van der Waals surface area contributed by atoms with Gasteiger partial charge in [-0.3, -0.25) is 0 Å². The molecular formula is C16H19F2N3O2. The van der Waals surface area contributed by atoms with Crippen LogP contribution in [0, 0.1) is 11.6 Å². The average Bonchev–Trinajstić information content (AvgIpc) is 2.56. The van der Waals surface area contributed by atoms with E-state index in [1.54, 1.807) is 12.1 Å². The van der Waals surface area contributed by atoms with E-state index in [2.05, 4.69) is 15.3 Å². The molecule has 0 bridgehead atoms. The molecule has 2 aromatic rings. The van der Waals surface area contributed by atoms with Crippen molar-refractivity contribution in [3.8, 4) is 6.01 Å². The highest BCUT2D eigenvalue weighted by molar-refractivity contribution is 5.36. The van der Waals surface area contributed by atoms with Crippen LogP contribution >= 0.6 is 0 Å². The molecule has 0 radical (unpaired) electrons. The largest absolute Gasteiger partial charge is 0.459 e. The summed E-state index contributed by atoms with van der Waals surface area (Å²) in [5.41, 5.74) is 0.759. The molecule has 1 heterocycles. The lowest BCUT2D eigenvalue weighted by Gasteiger charge is -2.17. The molecular weight excluding hydrogens is 304 g/mol. The topological polar surface area (TPSA) is 56.3 Å². The van der Waals surface area contributed by atoms with E-state index in [9.17, 15) is 8.78 Å². The third-order valence-electron chi connectivity index (χ3n) is 3.04. The van der Waals surface area contributed by atoms with Crippen LogP contribution in [0.5, 0.6) is 6.01 Å². The lowest BCUT2D eigenvalue weighted by molar-refractivity contribution is 0.0796. The Balaban J connectivity index is 2.02. The summed E-state index contributed by atoms with van der Waals surface area (Å²) in [6.07, 6.45) is 1.35. The van der Waals surface area contributed by atoms with Gasteiger partial charge in [-0.2, -0.15) is 4.98 Å². The van der Waals surface area contributed by atoms with E-state index in [0.29, 0.717) is 13.0 Å². The number of ether oxygens (including phenoxy) is 2. The Kier molecular flexibility index (Phi) is 6.22. The van der Waals surface area contributed by atoms with E-state index in [1.807, 2.05) is 13.8 Å². The normalized spacial score (nSPS) is 12.0. The van der Waals surface area contributed by atoms with Gasteiger partial charge in [-0.1, -0.05) is 19.1 Å². The molecule has 0 saturated carbocycles. The zero-order valence-corrected chi connectivity index (χ0v) is 13.1. The Hall–Kier alpha value is -2.28. The summed E-state index contributed by atoms with van der Waals surface area (Å²) >= 11 is 0. The van der Waals surface area contributed by atoms with Gasteiger partial charge in [-0.05, 0) is 31.0 Å². The van der Waals surface area contributed by atoms with E-state index >= 15 is 0 Å². The van der Waals surface area contributed by atoms with Crippen LogP contribution in [-0.4, -0.2) is 22.8 Å². The smallest absolute Gasteiger partial charge is 0.318 e. The second-order valence-corrected chi connectivity index (χ2v) is 4.76. The molecule has 1 unspecified atom stereocenters. The van der Waals surface area contributed by atoms with Gasteiger partial charge in [0, 0.05) is 6.61 Å². The third-order valence-corrected chi connectivity index (χ3v) is 3.04. The molecule has 1 atom stereocenters. The molecule has 0 aliphatic rings. The Bertz CT molecular complexity index is 623. The number of halogens is 2. The van der Waals surface area contributed by atoms with E-state index in [-0.39, 0.29) is 30.5 Å². The average molecular weight is 323 g/mol. The molecule has 7 heteroatoms. The van der Waals surface area contributed by atoms with Gasteiger partial charge in [0.25, 0.3) is 0 Å². The summed E-state index contributed by atoms with van der Waals surface area (Å²) < 4.78 is 37.4. The fourth-order valence-electron chi connectivity index (χ4n) is 1.87. The number of hydrogen-bond donors (Lipinski definition) is 1. The number of rotatable bonds is 8. The first kappa shape index (κ1) is 17.1. The van der Waals surface area contributed by atoms with Crippen molar-refractivity contribution in [2.45, 2.75) is 33.1 Å². The second kappa shape index (κ2) is 8.38. The van der Waals surface area contributed by atoms with Crippen molar-refractivity contribution in [3.63, 3.8) is 0 Å². The minimum Gasteiger partial charge on any atom is -0.459 e. The molecule has 5 nitrogen and oxygen atoms in total. The van der Waals surface area contributed by atoms with E-state index in [1.165, 1.54) is 12.1 Å². The number of nitrogens with one attached hydrogen (secondary N) is 1. The lowest BCUT2D eigenvalue weighted by Crippen LogP contribution is -2.23. The first-order valence-corrected chi connectivity index (χ1v) is 7.40. The van der Waals surface area contributed by atoms with Crippen LogP contribution in [0.3, 0.4) is 0 Å². The first-order chi connectivity index (χ1) is 11.1. The molecule has 0 aliphatic heterocycles. The van der Waals surface area contributed by atoms with E-state index in [4.69, 9.17) is 9.47 Å².